The lowest BCUT2D eigenvalue weighted by molar-refractivity contribution is -0.125. The molecule has 1 fully saturated rings. The Kier molecular flexibility index (Phi) is 4.48. The molecule has 21 heavy (non-hydrogen) atoms. The molecular weight excluding hydrogens is 284 g/mol. The van der Waals surface area contributed by atoms with Crippen LogP contribution < -0.4 is 10.6 Å². The molecule has 0 spiro atoms. The maximum absolute atomic E-state index is 11.9. The standard InChI is InChI=1S/C16H20N2O2S/c19-15-6-4-13(18-15)16(20)17-8-7-11-3-5-14-12(10-11)2-1-9-21-14/h3,5,10,13H,1-2,4,6-9H2,(H,17,20)(H,18,19). The van der Waals surface area contributed by atoms with E-state index in [0.29, 0.717) is 19.4 Å². The molecule has 0 aromatic heterocycles. The van der Waals surface area contributed by atoms with E-state index in [1.807, 2.05) is 11.8 Å². The lowest BCUT2D eigenvalue weighted by Crippen LogP contribution is -2.42. The van der Waals surface area contributed by atoms with E-state index in [0.717, 1.165) is 12.8 Å². The first kappa shape index (κ1) is 14.4. The Morgan fingerprint density at radius 1 is 1.38 bits per heavy atom. The van der Waals surface area contributed by atoms with Gasteiger partial charge in [0.15, 0.2) is 0 Å². The molecule has 1 saturated heterocycles. The average molecular weight is 304 g/mol. The summed E-state index contributed by atoms with van der Waals surface area (Å²) >= 11 is 1.93. The predicted octanol–water partition coefficient (Wildman–Crippen LogP) is 1.66. The van der Waals surface area contributed by atoms with Crippen LogP contribution in [0.4, 0.5) is 0 Å². The summed E-state index contributed by atoms with van der Waals surface area (Å²) in [6.45, 7) is 0.622. The van der Waals surface area contributed by atoms with Crippen molar-refractivity contribution in [3.63, 3.8) is 0 Å². The van der Waals surface area contributed by atoms with Crippen LogP contribution in [-0.2, 0) is 22.4 Å². The van der Waals surface area contributed by atoms with E-state index < -0.39 is 0 Å². The van der Waals surface area contributed by atoms with Gasteiger partial charge in [0.2, 0.25) is 11.8 Å². The van der Waals surface area contributed by atoms with Crippen molar-refractivity contribution in [1.29, 1.82) is 0 Å². The summed E-state index contributed by atoms with van der Waals surface area (Å²) in [5.41, 5.74) is 2.71. The van der Waals surface area contributed by atoms with Crippen molar-refractivity contribution in [1.82, 2.24) is 10.6 Å². The van der Waals surface area contributed by atoms with Gasteiger partial charge in [-0.3, -0.25) is 9.59 Å². The number of thioether (sulfide) groups is 1. The average Bonchev–Trinajstić information content (AvgIpc) is 2.94. The first-order valence-electron chi connectivity index (χ1n) is 7.54. The van der Waals surface area contributed by atoms with Gasteiger partial charge in [-0.15, -0.1) is 11.8 Å². The maximum Gasteiger partial charge on any atom is 0.242 e. The predicted molar refractivity (Wildman–Crippen MR) is 83.4 cm³/mol. The summed E-state index contributed by atoms with van der Waals surface area (Å²) in [6, 6.07) is 6.29. The highest BCUT2D eigenvalue weighted by Crippen LogP contribution is 2.30. The molecule has 0 saturated carbocycles. The van der Waals surface area contributed by atoms with Crippen molar-refractivity contribution >= 4 is 23.6 Å². The van der Waals surface area contributed by atoms with Crippen molar-refractivity contribution in [3.05, 3.63) is 29.3 Å². The van der Waals surface area contributed by atoms with Gasteiger partial charge < -0.3 is 10.6 Å². The fraction of sp³-hybridized carbons (Fsp3) is 0.500. The number of carbonyl (C=O) groups excluding carboxylic acids is 2. The molecule has 1 aromatic rings. The fourth-order valence-corrected chi connectivity index (χ4v) is 3.85. The van der Waals surface area contributed by atoms with E-state index in [4.69, 9.17) is 0 Å². The van der Waals surface area contributed by atoms with Crippen molar-refractivity contribution < 1.29 is 9.59 Å². The molecule has 3 rings (SSSR count). The van der Waals surface area contributed by atoms with E-state index in [9.17, 15) is 9.59 Å². The van der Waals surface area contributed by atoms with Gasteiger partial charge in [0.05, 0.1) is 0 Å². The van der Waals surface area contributed by atoms with Crippen molar-refractivity contribution in [2.45, 2.75) is 43.0 Å². The highest BCUT2D eigenvalue weighted by Gasteiger charge is 2.26. The molecule has 2 amide bonds. The molecule has 2 N–H and O–H groups in total. The summed E-state index contributed by atoms with van der Waals surface area (Å²) in [7, 11) is 0. The minimum atomic E-state index is -0.336. The topological polar surface area (TPSA) is 58.2 Å². The lowest BCUT2D eigenvalue weighted by Gasteiger charge is -2.16. The number of aryl methyl sites for hydroxylation is 1. The largest absolute Gasteiger partial charge is 0.354 e. The van der Waals surface area contributed by atoms with Crippen LogP contribution in [0.1, 0.15) is 30.4 Å². The quantitative estimate of drug-likeness (QED) is 0.889. The zero-order valence-electron chi connectivity index (χ0n) is 12.0. The Bertz CT molecular complexity index is 559. The molecule has 2 aliphatic heterocycles. The Morgan fingerprint density at radius 2 is 2.29 bits per heavy atom. The van der Waals surface area contributed by atoms with Gasteiger partial charge in [0.25, 0.3) is 0 Å². The maximum atomic E-state index is 11.9. The van der Waals surface area contributed by atoms with Gasteiger partial charge in [-0.2, -0.15) is 0 Å². The minimum Gasteiger partial charge on any atom is -0.354 e. The van der Waals surface area contributed by atoms with Crippen molar-refractivity contribution in [2.24, 2.45) is 0 Å². The number of fused-ring (bicyclic) bond motifs is 1. The van der Waals surface area contributed by atoms with Crippen molar-refractivity contribution in [2.75, 3.05) is 12.3 Å². The van der Waals surface area contributed by atoms with E-state index in [1.165, 1.54) is 28.2 Å². The Hall–Kier alpha value is -1.49. The molecule has 1 aromatic carbocycles. The van der Waals surface area contributed by atoms with Gasteiger partial charge >= 0.3 is 0 Å². The van der Waals surface area contributed by atoms with Gasteiger partial charge in [0.1, 0.15) is 6.04 Å². The summed E-state index contributed by atoms with van der Waals surface area (Å²) in [5, 5.41) is 5.60. The van der Waals surface area contributed by atoms with Crippen LogP contribution in [0.25, 0.3) is 0 Å². The number of carbonyl (C=O) groups is 2. The van der Waals surface area contributed by atoms with Crippen LogP contribution in [0.15, 0.2) is 23.1 Å². The SMILES string of the molecule is O=C1CCC(C(=O)NCCc2ccc3c(c2)CCCS3)N1. The Balaban J connectivity index is 1.49. The van der Waals surface area contributed by atoms with Crippen LogP contribution in [-0.4, -0.2) is 30.2 Å². The third kappa shape index (κ3) is 3.59. The zero-order chi connectivity index (χ0) is 14.7. The molecular formula is C16H20N2O2S. The molecule has 2 aliphatic rings. The summed E-state index contributed by atoms with van der Waals surface area (Å²) in [5.74, 6) is 1.13. The molecule has 0 aliphatic carbocycles. The molecule has 1 unspecified atom stereocenters. The van der Waals surface area contributed by atoms with Crippen LogP contribution in [0.2, 0.25) is 0 Å². The third-order valence-corrected chi connectivity index (χ3v) is 5.20. The monoisotopic (exact) mass is 304 g/mol. The Labute approximate surface area is 129 Å². The smallest absolute Gasteiger partial charge is 0.242 e. The molecule has 112 valence electrons. The third-order valence-electron chi connectivity index (χ3n) is 4.00. The first-order chi connectivity index (χ1) is 10.2. The van der Waals surface area contributed by atoms with Gasteiger partial charge in [-0.05, 0) is 48.6 Å². The van der Waals surface area contributed by atoms with E-state index >= 15 is 0 Å². The van der Waals surface area contributed by atoms with Crippen LogP contribution in [0, 0.1) is 0 Å². The van der Waals surface area contributed by atoms with E-state index in [1.54, 1.807) is 0 Å². The second-order valence-electron chi connectivity index (χ2n) is 5.59. The molecule has 4 nitrogen and oxygen atoms in total. The number of nitrogens with one attached hydrogen (secondary N) is 2. The number of hydrogen-bond acceptors (Lipinski definition) is 3. The van der Waals surface area contributed by atoms with Crippen LogP contribution in [0.5, 0.6) is 0 Å². The molecule has 1 atom stereocenters. The van der Waals surface area contributed by atoms with E-state index in [2.05, 4.69) is 28.8 Å². The van der Waals surface area contributed by atoms with Crippen LogP contribution >= 0.6 is 11.8 Å². The second-order valence-corrected chi connectivity index (χ2v) is 6.73. The number of benzene rings is 1. The summed E-state index contributed by atoms with van der Waals surface area (Å²) in [6.07, 6.45) is 4.32. The van der Waals surface area contributed by atoms with Crippen LogP contribution in [0.3, 0.4) is 0 Å². The van der Waals surface area contributed by atoms with Crippen molar-refractivity contribution in [3.8, 4) is 0 Å². The number of hydrogen-bond donors (Lipinski definition) is 2. The summed E-state index contributed by atoms with van der Waals surface area (Å²) in [4.78, 5) is 24.4. The zero-order valence-corrected chi connectivity index (χ0v) is 12.8. The highest BCUT2D eigenvalue weighted by atomic mass is 32.2. The second kappa shape index (κ2) is 6.52. The lowest BCUT2D eigenvalue weighted by atomic mass is 10.0. The fourth-order valence-electron chi connectivity index (χ4n) is 2.83. The van der Waals surface area contributed by atoms with Gasteiger partial charge in [0, 0.05) is 17.9 Å². The molecule has 0 bridgehead atoms. The molecule has 2 heterocycles. The Morgan fingerprint density at radius 3 is 3.10 bits per heavy atom. The molecule has 0 radical (unpaired) electrons. The first-order valence-corrected chi connectivity index (χ1v) is 8.52. The van der Waals surface area contributed by atoms with E-state index in [-0.39, 0.29) is 17.9 Å². The number of amides is 2. The highest BCUT2D eigenvalue weighted by molar-refractivity contribution is 7.99. The number of rotatable bonds is 4. The van der Waals surface area contributed by atoms with Gasteiger partial charge in [-0.25, -0.2) is 0 Å². The summed E-state index contributed by atoms with van der Waals surface area (Å²) < 4.78 is 0. The minimum absolute atomic E-state index is 0.0256. The normalized spacial score (nSPS) is 20.8. The van der Waals surface area contributed by atoms with Gasteiger partial charge in [-0.1, -0.05) is 12.1 Å². The molecule has 5 heteroatoms.